The first-order valence-corrected chi connectivity index (χ1v) is 7.49. The molecule has 2 amide bonds. The van der Waals surface area contributed by atoms with E-state index in [4.69, 9.17) is 0 Å². The number of fused-ring (bicyclic) bond motifs is 1. The van der Waals surface area contributed by atoms with Crippen LogP contribution in [0.15, 0.2) is 12.1 Å². The maximum absolute atomic E-state index is 13.2. The van der Waals surface area contributed by atoms with Crippen molar-refractivity contribution in [3.63, 3.8) is 0 Å². The normalized spacial score (nSPS) is 15.0. The number of aryl methyl sites for hydroxylation is 1. The average molecular weight is 370 g/mol. The Labute approximate surface area is 139 Å². The van der Waals surface area contributed by atoms with Crippen LogP contribution in [0, 0.1) is 0 Å². The van der Waals surface area contributed by atoms with Gasteiger partial charge >= 0.3 is 18.4 Å². The lowest BCUT2D eigenvalue weighted by Crippen LogP contribution is -2.54. The van der Waals surface area contributed by atoms with Gasteiger partial charge in [0.2, 0.25) is 0 Å². The second-order valence-corrected chi connectivity index (χ2v) is 5.67. The van der Waals surface area contributed by atoms with Crippen molar-refractivity contribution in [3.05, 3.63) is 28.8 Å². The predicted octanol–water partition coefficient (Wildman–Crippen LogP) is 3.63. The molecule has 1 aliphatic carbocycles. The Morgan fingerprint density at radius 1 is 1.12 bits per heavy atom. The third-order valence-electron chi connectivity index (χ3n) is 4.07. The van der Waals surface area contributed by atoms with E-state index in [1.165, 1.54) is 6.92 Å². The largest absolute Gasteiger partial charge is 0.430 e. The van der Waals surface area contributed by atoms with Crippen LogP contribution in [0.2, 0.25) is 0 Å². The van der Waals surface area contributed by atoms with Gasteiger partial charge < -0.3 is 15.7 Å². The van der Waals surface area contributed by atoms with Crippen molar-refractivity contribution >= 4 is 11.7 Å². The summed E-state index contributed by atoms with van der Waals surface area (Å²) in [7, 11) is 0. The molecule has 0 heterocycles. The summed E-state index contributed by atoms with van der Waals surface area (Å²) in [5, 5.41) is 14.0. The molecule has 0 fully saturated rings. The van der Waals surface area contributed by atoms with Gasteiger partial charge in [0.25, 0.3) is 5.60 Å². The van der Waals surface area contributed by atoms with Gasteiger partial charge in [-0.2, -0.15) is 26.3 Å². The lowest BCUT2D eigenvalue weighted by Gasteiger charge is -2.34. The van der Waals surface area contributed by atoms with Crippen LogP contribution in [-0.4, -0.2) is 30.0 Å². The molecule has 1 aliphatic rings. The van der Waals surface area contributed by atoms with Crippen LogP contribution in [-0.2, 0) is 18.4 Å². The van der Waals surface area contributed by atoms with Gasteiger partial charge in [-0.1, -0.05) is 12.1 Å². The van der Waals surface area contributed by atoms with Gasteiger partial charge in [0.05, 0.1) is 5.69 Å². The topological polar surface area (TPSA) is 61.4 Å². The number of nitrogens with one attached hydrogen (secondary N) is 2. The smallest absolute Gasteiger partial charge is 0.369 e. The number of carbonyl (C=O) groups is 1. The Hall–Kier alpha value is -1.97. The molecule has 1 aromatic carbocycles. The van der Waals surface area contributed by atoms with E-state index in [1.54, 1.807) is 0 Å². The average Bonchev–Trinajstić information content (AvgIpc) is 2.93. The molecule has 0 spiro atoms. The summed E-state index contributed by atoms with van der Waals surface area (Å²) in [5.41, 5.74) is -6.44. The van der Waals surface area contributed by atoms with Gasteiger partial charge in [-0.05, 0) is 37.3 Å². The van der Waals surface area contributed by atoms with Crippen LogP contribution in [0.4, 0.5) is 36.8 Å². The van der Waals surface area contributed by atoms with Crippen LogP contribution in [0.25, 0.3) is 0 Å². The van der Waals surface area contributed by atoms with E-state index >= 15 is 0 Å². The Morgan fingerprint density at radius 3 is 2.24 bits per heavy atom. The second kappa shape index (κ2) is 6.40. The lowest BCUT2D eigenvalue weighted by molar-refractivity contribution is -0.376. The molecule has 0 saturated carbocycles. The number of anilines is 1. The highest BCUT2D eigenvalue weighted by Gasteiger charge is 2.72. The van der Waals surface area contributed by atoms with Gasteiger partial charge in [-0.15, -0.1) is 0 Å². The van der Waals surface area contributed by atoms with Gasteiger partial charge in [0, 0.05) is 12.1 Å². The minimum atomic E-state index is -6.02. The van der Waals surface area contributed by atoms with E-state index in [0.717, 1.165) is 6.07 Å². The highest BCUT2D eigenvalue weighted by molar-refractivity contribution is 5.91. The summed E-state index contributed by atoms with van der Waals surface area (Å²) in [6.45, 7) is 1.66. The molecule has 4 nitrogen and oxygen atoms in total. The molecule has 0 aliphatic heterocycles. The SMILES string of the molecule is CCNC(=O)Nc1c(C(O)(C(F)(F)F)C(F)(F)F)ccc2c1CCC2. The fraction of sp³-hybridized carbons (Fsp3) is 0.533. The zero-order chi connectivity index (χ0) is 19.0. The van der Waals surface area contributed by atoms with Crippen molar-refractivity contribution in [1.82, 2.24) is 5.32 Å². The lowest BCUT2D eigenvalue weighted by atomic mass is 9.87. The molecule has 0 saturated heterocycles. The molecule has 0 unspecified atom stereocenters. The number of alkyl halides is 6. The number of amides is 2. The maximum Gasteiger partial charge on any atom is 0.430 e. The number of rotatable bonds is 3. The first-order valence-electron chi connectivity index (χ1n) is 7.49. The number of hydrogen-bond donors (Lipinski definition) is 3. The van der Waals surface area contributed by atoms with Crippen LogP contribution in [0.5, 0.6) is 0 Å². The van der Waals surface area contributed by atoms with Crippen LogP contribution in [0.1, 0.15) is 30.0 Å². The first kappa shape index (κ1) is 19.4. The van der Waals surface area contributed by atoms with Crippen molar-refractivity contribution in [1.29, 1.82) is 0 Å². The van der Waals surface area contributed by atoms with Crippen LogP contribution < -0.4 is 10.6 Å². The van der Waals surface area contributed by atoms with Crippen molar-refractivity contribution in [3.8, 4) is 0 Å². The third kappa shape index (κ3) is 3.26. The van der Waals surface area contributed by atoms with Crippen LogP contribution in [0.3, 0.4) is 0 Å². The molecule has 140 valence electrons. The summed E-state index contributed by atoms with van der Waals surface area (Å²) in [6, 6.07) is 0.756. The van der Waals surface area contributed by atoms with Gasteiger partial charge in [0.15, 0.2) is 0 Å². The molecular weight excluding hydrogens is 354 g/mol. The number of carbonyl (C=O) groups excluding carboxylic acids is 1. The molecule has 1 aromatic rings. The molecule has 2 rings (SSSR count). The molecule has 0 bridgehead atoms. The quantitative estimate of drug-likeness (QED) is 0.712. The Kier molecular flexibility index (Phi) is 4.95. The third-order valence-corrected chi connectivity index (χ3v) is 4.07. The summed E-state index contributed by atoms with van der Waals surface area (Å²) in [5.74, 6) is 0. The van der Waals surface area contributed by atoms with Crippen molar-refractivity contribution < 1.29 is 36.2 Å². The van der Waals surface area contributed by atoms with E-state index < -0.39 is 35.2 Å². The van der Waals surface area contributed by atoms with Gasteiger partial charge in [-0.3, -0.25) is 0 Å². The molecule has 0 atom stereocenters. The summed E-state index contributed by atoms with van der Waals surface area (Å²) in [4.78, 5) is 11.7. The second-order valence-electron chi connectivity index (χ2n) is 5.67. The number of aliphatic hydroxyl groups is 1. The highest BCUT2D eigenvalue weighted by Crippen LogP contribution is 2.53. The zero-order valence-electron chi connectivity index (χ0n) is 13.1. The molecule has 0 aromatic heterocycles. The summed E-state index contributed by atoms with van der Waals surface area (Å²) >= 11 is 0. The zero-order valence-corrected chi connectivity index (χ0v) is 13.1. The molecule has 10 heteroatoms. The minimum absolute atomic E-state index is 0.124. The standard InChI is InChI=1S/C15H16F6N2O2/c1-2-22-12(24)23-11-9-5-3-4-8(9)6-7-10(11)13(25,14(16,17)18)15(19,20)21/h6-7,25H,2-5H2,1H3,(H2,22,23,24). The van der Waals surface area contributed by atoms with Crippen molar-refractivity contribution in [2.75, 3.05) is 11.9 Å². The maximum atomic E-state index is 13.2. The van der Waals surface area contributed by atoms with Gasteiger partial charge in [0.1, 0.15) is 0 Å². The number of hydrogen-bond acceptors (Lipinski definition) is 2. The summed E-state index contributed by atoms with van der Waals surface area (Å²) in [6.07, 6.45) is -10.8. The van der Waals surface area contributed by atoms with E-state index in [0.29, 0.717) is 24.5 Å². The van der Waals surface area contributed by atoms with Crippen molar-refractivity contribution in [2.45, 2.75) is 44.1 Å². The number of benzene rings is 1. The highest BCUT2D eigenvalue weighted by atomic mass is 19.4. The minimum Gasteiger partial charge on any atom is -0.369 e. The predicted molar refractivity (Wildman–Crippen MR) is 77.2 cm³/mol. The fourth-order valence-corrected chi connectivity index (χ4v) is 2.90. The summed E-state index contributed by atoms with van der Waals surface area (Å²) < 4.78 is 79.2. The monoisotopic (exact) mass is 370 g/mol. The first-order chi connectivity index (χ1) is 11.4. The Balaban J connectivity index is 2.69. The van der Waals surface area contributed by atoms with Crippen LogP contribution >= 0.6 is 0 Å². The molecule has 3 N–H and O–H groups in total. The van der Waals surface area contributed by atoms with E-state index in [2.05, 4.69) is 10.6 Å². The fourth-order valence-electron chi connectivity index (χ4n) is 2.90. The molecule has 0 radical (unpaired) electrons. The van der Waals surface area contributed by atoms with E-state index in [-0.39, 0.29) is 18.5 Å². The van der Waals surface area contributed by atoms with E-state index in [9.17, 15) is 36.2 Å². The molecule has 25 heavy (non-hydrogen) atoms. The van der Waals surface area contributed by atoms with Crippen molar-refractivity contribution in [2.24, 2.45) is 0 Å². The van der Waals surface area contributed by atoms with Gasteiger partial charge in [-0.25, -0.2) is 4.79 Å². The number of urea groups is 1. The van der Waals surface area contributed by atoms with E-state index in [1.807, 2.05) is 0 Å². The Morgan fingerprint density at radius 2 is 1.72 bits per heavy atom. The number of halogens is 6. The molecular formula is C15H16F6N2O2. The Bertz CT molecular complexity index is 655.